The number of amides is 2. The zero-order chi connectivity index (χ0) is 21.3. The summed E-state index contributed by atoms with van der Waals surface area (Å²) in [5.41, 5.74) is -0.653. The molecule has 1 N–H and O–H groups in total. The number of nitrogens with zero attached hydrogens (tertiary/aromatic N) is 3. The van der Waals surface area contributed by atoms with Gasteiger partial charge in [-0.2, -0.15) is 0 Å². The zero-order valence-electron chi connectivity index (χ0n) is 16.8. The fourth-order valence-electron chi connectivity index (χ4n) is 2.25. The molecule has 0 unspecified atom stereocenters. The predicted molar refractivity (Wildman–Crippen MR) is 100 cm³/mol. The SMILES string of the molecule is CC(C)(C)OC(=O)N(Cc1cn2cc(C(=O)O)ccc2n1)C(=O)OC(C)(C)C. The normalized spacial score (nSPS) is 11.9. The first-order valence-corrected chi connectivity index (χ1v) is 8.69. The van der Waals surface area contributed by atoms with E-state index >= 15 is 0 Å². The molecule has 2 aromatic rings. The van der Waals surface area contributed by atoms with E-state index in [9.17, 15) is 14.4 Å². The third-order valence-electron chi connectivity index (χ3n) is 3.30. The maximum Gasteiger partial charge on any atom is 0.420 e. The van der Waals surface area contributed by atoms with Crippen LogP contribution in [0.5, 0.6) is 0 Å². The summed E-state index contributed by atoms with van der Waals surface area (Å²) in [6, 6.07) is 2.96. The number of carboxylic acids is 1. The van der Waals surface area contributed by atoms with Gasteiger partial charge < -0.3 is 19.0 Å². The molecule has 0 aliphatic heterocycles. The highest BCUT2D eigenvalue weighted by molar-refractivity contribution is 5.88. The molecule has 0 aliphatic rings. The van der Waals surface area contributed by atoms with Crippen molar-refractivity contribution >= 4 is 23.8 Å². The number of ether oxygens (including phenoxy) is 2. The second-order valence-electron chi connectivity index (χ2n) is 8.27. The summed E-state index contributed by atoms with van der Waals surface area (Å²) < 4.78 is 12.1. The summed E-state index contributed by atoms with van der Waals surface area (Å²) in [4.78, 5) is 41.3. The van der Waals surface area contributed by atoms with Gasteiger partial charge in [0.15, 0.2) is 0 Å². The first-order chi connectivity index (χ1) is 12.7. The highest BCUT2D eigenvalue weighted by Crippen LogP contribution is 2.17. The van der Waals surface area contributed by atoms with Crippen molar-refractivity contribution in [2.75, 3.05) is 0 Å². The lowest BCUT2D eigenvalue weighted by Gasteiger charge is -2.28. The molecule has 0 saturated heterocycles. The number of hydrogen-bond donors (Lipinski definition) is 1. The summed E-state index contributed by atoms with van der Waals surface area (Å²) >= 11 is 0. The summed E-state index contributed by atoms with van der Waals surface area (Å²) in [6.45, 7) is 9.96. The van der Waals surface area contributed by atoms with Gasteiger partial charge in [0.1, 0.15) is 16.8 Å². The first-order valence-electron chi connectivity index (χ1n) is 8.69. The highest BCUT2D eigenvalue weighted by atomic mass is 16.6. The number of imidazole rings is 1. The number of rotatable bonds is 3. The highest BCUT2D eigenvalue weighted by Gasteiger charge is 2.31. The van der Waals surface area contributed by atoms with Gasteiger partial charge in [-0.1, -0.05) is 0 Å². The van der Waals surface area contributed by atoms with Gasteiger partial charge in [-0.25, -0.2) is 24.3 Å². The maximum atomic E-state index is 12.5. The minimum atomic E-state index is -1.07. The van der Waals surface area contributed by atoms with Crippen LogP contribution >= 0.6 is 0 Å². The van der Waals surface area contributed by atoms with Crippen molar-refractivity contribution in [2.24, 2.45) is 0 Å². The molecular formula is C19H25N3O6. The molecule has 0 radical (unpaired) electrons. The number of carboxylic acid groups (broad SMARTS) is 1. The average molecular weight is 391 g/mol. The van der Waals surface area contributed by atoms with Crippen LogP contribution in [0.4, 0.5) is 9.59 Å². The van der Waals surface area contributed by atoms with Crippen LogP contribution in [-0.2, 0) is 16.0 Å². The van der Waals surface area contributed by atoms with Gasteiger partial charge in [0.2, 0.25) is 0 Å². The zero-order valence-corrected chi connectivity index (χ0v) is 16.8. The van der Waals surface area contributed by atoms with Gasteiger partial charge >= 0.3 is 18.2 Å². The average Bonchev–Trinajstić information content (AvgIpc) is 2.90. The van der Waals surface area contributed by atoms with Crippen molar-refractivity contribution in [2.45, 2.75) is 59.3 Å². The number of carbonyl (C=O) groups excluding carboxylic acids is 2. The molecule has 28 heavy (non-hydrogen) atoms. The molecule has 2 rings (SSSR count). The van der Waals surface area contributed by atoms with E-state index < -0.39 is 29.4 Å². The van der Waals surface area contributed by atoms with Crippen molar-refractivity contribution in [3.8, 4) is 0 Å². The Morgan fingerprint density at radius 1 is 1.00 bits per heavy atom. The lowest BCUT2D eigenvalue weighted by molar-refractivity contribution is -0.000483. The first kappa shape index (κ1) is 21.2. The fourth-order valence-corrected chi connectivity index (χ4v) is 2.25. The Bertz CT molecular complexity index is 877. The van der Waals surface area contributed by atoms with E-state index in [4.69, 9.17) is 14.6 Å². The second kappa shape index (κ2) is 7.49. The summed E-state index contributed by atoms with van der Waals surface area (Å²) in [6.07, 6.45) is 1.23. The van der Waals surface area contributed by atoms with Gasteiger partial charge in [-0.3, -0.25) is 0 Å². The van der Waals surface area contributed by atoms with E-state index in [-0.39, 0.29) is 12.1 Å². The van der Waals surface area contributed by atoms with Crippen molar-refractivity contribution in [1.29, 1.82) is 0 Å². The molecule has 9 nitrogen and oxygen atoms in total. The second-order valence-corrected chi connectivity index (χ2v) is 8.27. The number of carbonyl (C=O) groups is 3. The third kappa shape index (κ3) is 5.70. The summed E-state index contributed by atoms with van der Waals surface area (Å²) in [5, 5.41) is 9.09. The lowest BCUT2D eigenvalue weighted by Crippen LogP contribution is -2.43. The topological polar surface area (TPSA) is 110 Å². The van der Waals surface area contributed by atoms with Crippen LogP contribution in [0.1, 0.15) is 57.6 Å². The van der Waals surface area contributed by atoms with Gasteiger partial charge in [0, 0.05) is 12.4 Å². The van der Waals surface area contributed by atoms with E-state index in [1.807, 2.05) is 0 Å². The molecule has 0 aliphatic carbocycles. The molecule has 0 spiro atoms. The molecule has 0 saturated carbocycles. The smallest absolute Gasteiger partial charge is 0.420 e. The Morgan fingerprint density at radius 2 is 1.54 bits per heavy atom. The minimum Gasteiger partial charge on any atom is -0.478 e. The molecule has 2 amide bonds. The van der Waals surface area contributed by atoms with E-state index in [2.05, 4.69) is 4.98 Å². The number of pyridine rings is 1. The lowest BCUT2D eigenvalue weighted by atomic mass is 10.2. The van der Waals surface area contributed by atoms with E-state index in [0.717, 1.165) is 4.90 Å². The maximum absolute atomic E-state index is 12.5. The van der Waals surface area contributed by atoms with Crippen molar-refractivity contribution in [3.63, 3.8) is 0 Å². The molecule has 152 valence electrons. The van der Waals surface area contributed by atoms with Crippen LogP contribution in [0.3, 0.4) is 0 Å². The molecule has 0 aromatic carbocycles. The number of hydrogen-bond acceptors (Lipinski definition) is 6. The number of aromatic carboxylic acids is 1. The Kier molecular flexibility index (Phi) is 5.67. The van der Waals surface area contributed by atoms with Gasteiger partial charge in [-0.05, 0) is 53.7 Å². The standard InChI is InChI=1S/C19H25N3O6/c1-18(2,3)27-16(25)22(17(26)28-19(4,5)6)11-13-10-21-9-12(15(23)24)7-8-14(21)20-13/h7-10H,11H2,1-6H3,(H,23,24). The molecule has 2 aromatic heterocycles. The molecule has 0 fully saturated rings. The molecule has 2 heterocycles. The van der Waals surface area contributed by atoms with E-state index in [1.54, 1.807) is 47.7 Å². The van der Waals surface area contributed by atoms with E-state index in [0.29, 0.717) is 11.3 Å². The van der Waals surface area contributed by atoms with Gasteiger partial charge in [0.25, 0.3) is 0 Å². The minimum absolute atomic E-state index is 0.0904. The predicted octanol–water partition coefficient (Wildman–Crippen LogP) is 3.70. The van der Waals surface area contributed by atoms with Gasteiger partial charge in [0.05, 0.1) is 17.8 Å². The van der Waals surface area contributed by atoms with Crippen LogP contribution in [0.25, 0.3) is 5.65 Å². The van der Waals surface area contributed by atoms with E-state index in [1.165, 1.54) is 22.7 Å². The Morgan fingerprint density at radius 3 is 2.00 bits per heavy atom. The summed E-state index contributed by atoms with van der Waals surface area (Å²) in [7, 11) is 0. The Labute approximate surface area is 162 Å². The van der Waals surface area contributed by atoms with Crippen LogP contribution in [0.15, 0.2) is 24.5 Å². The number of imide groups is 1. The molecule has 0 bridgehead atoms. The summed E-state index contributed by atoms with van der Waals surface area (Å²) in [5.74, 6) is -1.07. The quantitative estimate of drug-likeness (QED) is 0.849. The van der Waals surface area contributed by atoms with Crippen molar-refractivity contribution in [3.05, 3.63) is 35.8 Å². The Balaban J connectivity index is 2.32. The van der Waals surface area contributed by atoms with Crippen LogP contribution < -0.4 is 0 Å². The van der Waals surface area contributed by atoms with Gasteiger partial charge in [-0.15, -0.1) is 0 Å². The Hall–Kier alpha value is -3.10. The molecule has 0 atom stereocenters. The fraction of sp³-hybridized carbons (Fsp3) is 0.474. The number of aromatic nitrogens is 2. The third-order valence-corrected chi connectivity index (χ3v) is 3.30. The number of fused-ring (bicyclic) bond motifs is 1. The molecular weight excluding hydrogens is 366 g/mol. The molecule has 9 heteroatoms. The van der Waals surface area contributed by atoms with Crippen molar-refractivity contribution < 1.29 is 29.0 Å². The monoisotopic (exact) mass is 391 g/mol. The van der Waals surface area contributed by atoms with Crippen molar-refractivity contribution in [1.82, 2.24) is 14.3 Å². The largest absolute Gasteiger partial charge is 0.478 e. The van der Waals surface area contributed by atoms with Crippen LogP contribution in [0, 0.1) is 0 Å². The van der Waals surface area contributed by atoms with Crippen LogP contribution in [-0.4, -0.2) is 48.7 Å². The van der Waals surface area contributed by atoms with Crippen LogP contribution in [0.2, 0.25) is 0 Å².